The molecule has 0 aliphatic carbocycles. The van der Waals surface area contributed by atoms with Gasteiger partial charge in [-0.05, 0) is 63.9 Å². The number of alkyl carbamates (subject to hydrolysis) is 1. The van der Waals surface area contributed by atoms with Crippen molar-refractivity contribution in [2.24, 2.45) is 5.92 Å². The number of amides is 2. The number of ether oxygens (including phenoxy) is 1. The first-order chi connectivity index (χ1) is 14.8. The van der Waals surface area contributed by atoms with Crippen molar-refractivity contribution in [3.63, 3.8) is 0 Å². The zero-order valence-electron chi connectivity index (χ0n) is 18.6. The van der Waals surface area contributed by atoms with E-state index >= 15 is 0 Å². The van der Waals surface area contributed by atoms with Crippen LogP contribution in [-0.4, -0.2) is 58.5 Å². The van der Waals surface area contributed by atoms with Crippen molar-refractivity contribution in [1.29, 1.82) is 0 Å². The van der Waals surface area contributed by atoms with Gasteiger partial charge in [0.2, 0.25) is 5.91 Å². The van der Waals surface area contributed by atoms with E-state index in [4.69, 9.17) is 4.74 Å². The van der Waals surface area contributed by atoms with E-state index in [9.17, 15) is 9.59 Å². The van der Waals surface area contributed by atoms with Crippen molar-refractivity contribution in [3.8, 4) is 5.69 Å². The maximum atomic E-state index is 12.6. The minimum atomic E-state index is -0.529. The summed E-state index contributed by atoms with van der Waals surface area (Å²) >= 11 is 0. The summed E-state index contributed by atoms with van der Waals surface area (Å²) in [5.41, 5.74) is 1.72. The third kappa shape index (κ3) is 7.40. The van der Waals surface area contributed by atoms with Gasteiger partial charge in [0.15, 0.2) is 0 Å². The van der Waals surface area contributed by atoms with Crippen LogP contribution in [0.1, 0.15) is 39.2 Å². The molecule has 0 saturated carbocycles. The first-order valence-corrected chi connectivity index (χ1v) is 10.9. The second kappa shape index (κ2) is 10.4. The zero-order chi connectivity index (χ0) is 22.3. The molecule has 3 rings (SSSR count). The van der Waals surface area contributed by atoms with Crippen molar-refractivity contribution >= 4 is 12.0 Å². The van der Waals surface area contributed by atoms with Crippen LogP contribution in [0.4, 0.5) is 4.79 Å². The summed E-state index contributed by atoms with van der Waals surface area (Å²) in [7, 11) is 0. The fourth-order valence-corrected chi connectivity index (χ4v) is 3.66. The van der Waals surface area contributed by atoms with E-state index < -0.39 is 11.7 Å². The number of nitrogens with one attached hydrogen (secondary N) is 2. The highest BCUT2D eigenvalue weighted by atomic mass is 16.6. The van der Waals surface area contributed by atoms with Gasteiger partial charge in [0, 0.05) is 38.6 Å². The standard InChI is InChI=1S/C23H33N5O3/c1-23(2,3)31-22(30)25-13-12-24-21(29)19-6-4-14-27(17-19)16-18-7-9-20(10-8-18)28-15-5-11-26-28/h5,7-11,15,19H,4,6,12-14,16-17H2,1-3H3,(H,24,29)(H,25,30). The molecule has 1 unspecified atom stereocenters. The van der Waals surface area contributed by atoms with E-state index in [1.165, 1.54) is 5.56 Å². The van der Waals surface area contributed by atoms with Gasteiger partial charge in [-0.25, -0.2) is 9.48 Å². The molecule has 1 aliphatic heterocycles. The van der Waals surface area contributed by atoms with Gasteiger partial charge in [0.25, 0.3) is 0 Å². The van der Waals surface area contributed by atoms with Gasteiger partial charge >= 0.3 is 6.09 Å². The number of hydrogen-bond acceptors (Lipinski definition) is 5. The average molecular weight is 428 g/mol. The van der Waals surface area contributed by atoms with Gasteiger partial charge in [0.05, 0.1) is 11.6 Å². The largest absolute Gasteiger partial charge is 0.444 e. The lowest BCUT2D eigenvalue weighted by molar-refractivity contribution is -0.126. The highest BCUT2D eigenvalue weighted by Crippen LogP contribution is 2.19. The Hall–Kier alpha value is -2.87. The van der Waals surface area contributed by atoms with E-state index in [0.29, 0.717) is 13.1 Å². The summed E-state index contributed by atoms with van der Waals surface area (Å²) in [4.78, 5) is 26.5. The molecule has 31 heavy (non-hydrogen) atoms. The highest BCUT2D eigenvalue weighted by molar-refractivity contribution is 5.79. The zero-order valence-corrected chi connectivity index (χ0v) is 18.6. The predicted molar refractivity (Wildman–Crippen MR) is 119 cm³/mol. The second-order valence-corrected chi connectivity index (χ2v) is 8.91. The Morgan fingerprint density at radius 2 is 1.90 bits per heavy atom. The summed E-state index contributed by atoms with van der Waals surface area (Å²) in [6.07, 6.45) is 5.11. The van der Waals surface area contributed by atoms with Crippen molar-refractivity contribution < 1.29 is 14.3 Å². The molecule has 2 heterocycles. The van der Waals surface area contributed by atoms with Crippen molar-refractivity contribution in [2.45, 2.75) is 45.8 Å². The van der Waals surface area contributed by atoms with Gasteiger partial charge in [-0.2, -0.15) is 5.10 Å². The first-order valence-electron chi connectivity index (χ1n) is 10.9. The number of likely N-dealkylation sites (tertiary alicyclic amines) is 1. The lowest BCUT2D eigenvalue weighted by Crippen LogP contribution is -2.44. The van der Waals surface area contributed by atoms with Crippen LogP contribution < -0.4 is 10.6 Å². The van der Waals surface area contributed by atoms with Crippen molar-refractivity contribution in [3.05, 3.63) is 48.3 Å². The molecule has 2 aromatic rings. The highest BCUT2D eigenvalue weighted by Gasteiger charge is 2.25. The molecule has 0 radical (unpaired) electrons. The quantitative estimate of drug-likeness (QED) is 0.664. The molecule has 1 fully saturated rings. The summed E-state index contributed by atoms with van der Waals surface area (Å²) < 4.78 is 7.02. The normalized spacial score (nSPS) is 17.2. The number of piperidine rings is 1. The number of benzene rings is 1. The SMILES string of the molecule is CC(C)(C)OC(=O)NCCNC(=O)C1CCCN(Cc2ccc(-n3cccn3)cc2)C1. The molecule has 8 nitrogen and oxygen atoms in total. The third-order valence-electron chi connectivity index (χ3n) is 5.08. The Kier molecular flexibility index (Phi) is 7.68. The summed E-state index contributed by atoms with van der Waals surface area (Å²) in [5.74, 6) is 0.0170. The Bertz CT molecular complexity index is 843. The molecule has 2 amide bonds. The number of nitrogens with zero attached hydrogens (tertiary/aromatic N) is 3. The molecular formula is C23H33N5O3. The Morgan fingerprint density at radius 1 is 1.16 bits per heavy atom. The van der Waals surface area contributed by atoms with Crippen LogP contribution >= 0.6 is 0 Å². The number of aromatic nitrogens is 2. The van der Waals surface area contributed by atoms with E-state index in [2.05, 4.69) is 44.9 Å². The van der Waals surface area contributed by atoms with Gasteiger partial charge < -0.3 is 15.4 Å². The van der Waals surface area contributed by atoms with Gasteiger partial charge in [0.1, 0.15) is 5.60 Å². The second-order valence-electron chi connectivity index (χ2n) is 8.91. The van der Waals surface area contributed by atoms with Crippen LogP contribution in [0.25, 0.3) is 5.69 Å². The number of carbonyl (C=O) groups is 2. The molecule has 1 aromatic carbocycles. The first kappa shape index (κ1) is 22.8. The van der Waals surface area contributed by atoms with Gasteiger partial charge in [-0.1, -0.05) is 12.1 Å². The van der Waals surface area contributed by atoms with Gasteiger partial charge in [-0.3, -0.25) is 9.69 Å². The van der Waals surface area contributed by atoms with Crippen molar-refractivity contribution in [1.82, 2.24) is 25.3 Å². The van der Waals surface area contributed by atoms with E-state index in [-0.39, 0.29) is 11.8 Å². The number of rotatable bonds is 7. The minimum Gasteiger partial charge on any atom is -0.444 e. The predicted octanol–water partition coefficient (Wildman–Crippen LogP) is 2.73. The lowest BCUT2D eigenvalue weighted by atomic mass is 9.96. The monoisotopic (exact) mass is 427 g/mol. The molecule has 0 bridgehead atoms. The maximum absolute atomic E-state index is 12.6. The summed E-state index contributed by atoms with van der Waals surface area (Å²) in [6, 6.07) is 10.3. The average Bonchev–Trinajstić information content (AvgIpc) is 3.25. The molecule has 1 saturated heterocycles. The molecular weight excluding hydrogens is 394 g/mol. The Morgan fingerprint density at radius 3 is 2.58 bits per heavy atom. The summed E-state index contributed by atoms with van der Waals surface area (Å²) in [5, 5.41) is 9.84. The fourth-order valence-electron chi connectivity index (χ4n) is 3.66. The van der Waals surface area contributed by atoms with E-state index in [0.717, 1.165) is 38.2 Å². The van der Waals surface area contributed by atoms with Crippen LogP contribution in [0.3, 0.4) is 0 Å². The third-order valence-corrected chi connectivity index (χ3v) is 5.08. The van der Waals surface area contributed by atoms with Crippen LogP contribution in [0.2, 0.25) is 0 Å². The Balaban J connectivity index is 1.40. The molecule has 2 N–H and O–H groups in total. The van der Waals surface area contributed by atoms with E-state index in [1.54, 1.807) is 6.20 Å². The van der Waals surface area contributed by atoms with Crippen molar-refractivity contribution in [2.75, 3.05) is 26.2 Å². The molecule has 1 aliphatic rings. The van der Waals surface area contributed by atoms with Crippen LogP contribution in [0.5, 0.6) is 0 Å². The van der Waals surface area contributed by atoms with E-state index in [1.807, 2.05) is 37.7 Å². The molecule has 0 spiro atoms. The van der Waals surface area contributed by atoms with Crippen LogP contribution in [0, 0.1) is 5.92 Å². The van der Waals surface area contributed by atoms with Crippen LogP contribution in [0.15, 0.2) is 42.7 Å². The number of hydrogen-bond donors (Lipinski definition) is 2. The van der Waals surface area contributed by atoms with Crippen LogP contribution in [-0.2, 0) is 16.1 Å². The molecule has 1 atom stereocenters. The topological polar surface area (TPSA) is 88.5 Å². The van der Waals surface area contributed by atoms with Gasteiger partial charge in [-0.15, -0.1) is 0 Å². The minimum absolute atomic E-state index is 0.0291. The molecule has 168 valence electrons. The Labute approximate surface area is 183 Å². The number of carbonyl (C=O) groups excluding carboxylic acids is 2. The molecule has 8 heteroatoms. The smallest absolute Gasteiger partial charge is 0.407 e. The fraction of sp³-hybridized carbons (Fsp3) is 0.522. The maximum Gasteiger partial charge on any atom is 0.407 e. The summed E-state index contributed by atoms with van der Waals surface area (Å²) in [6.45, 7) is 8.74. The molecule has 1 aromatic heterocycles. The lowest BCUT2D eigenvalue weighted by Gasteiger charge is -2.32.